The summed E-state index contributed by atoms with van der Waals surface area (Å²) < 4.78 is 7.38. The molecule has 2 atom stereocenters. The summed E-state index contributed by atoms with van der Waals surface area (Å²) in [6, 6.07) is 4.10. The maximum absolute atomic E-state index is 12.6. The van der Waals surface area contributed by atoms with Crippen LogP contribution in [0, 0.1) is 5.92 Å². The molecule has 29 heavy (non-hydrogen) atoms. The number of carbonyl (C=O) groups is 1. The Morgan fingerprint density at radius 3 is 3.03 bits per heavy atom. The quantitative estimate of drug-likeness (QED) is 0.644. The van der Waals surface area contributed by atoms with Gasteiger partial charge in [-0.2, -0.15) is 5.10 Å². The number of nitrogens with zero attached hydrogens (tertiary/aromatic N) is 4. The summed E-state index contributed by atoms with van der Waals surface area (Å²) in [5, 5.41) is 9.70. The highest BCUT2D eigenvalue weighted by atomic mass is 32.1. The van der Waals surface area contributed by atoms with Gasteiger partial charge in [0, 0.05) is 37.5 Å². The number of amides is 1. The lowest BCUT2D eigenvalue weighted by Crippen LogP contribution is -2.37. The van der Waals surface area contributed by atoms with E-state index >= 15 is 0 Å². The zero-order chi connectivity index (χ0) is 20.1. The molecule has 1 aliphatic carbocycles. The molecule has 0 aliphatic heterocycles. The Balaban J connectivity index is 1.45. The molecule has 1 aliphatic rings. The van der Waals surface area contributed by atoms with Crippen molar-refractivity contribution in [1.29, 1.82) is 0 Å². The Morgan fingerprint density at radius 1 is 1.34 bits per heavy atom. The average Bonchev–Trinajstić information content (AvgIpc) is 3.44. The Morgan fingerprint density at radius 2 is 2.28 bits per heavy atom. The second kappa shape index (κ2) is 9.28. The number of ether oxygens (including phenoxy) is 1. The number of thiophene rings is 1. The van der Waals surface area contributed by atoms with Gasteiger partial charge in [-0.05, 0) is 30.7 Å². The fourth-order valence-electron chi connectivity index (χ4n) is 3.88. The minimum atomic E-state index is 0.0400. The van der Waals surface area contributed by atoms with E-state index < -0.39 is 0 Å². The average molecular weight is 412 g/mol. The fourth-order valence-corrected chi connectivity index (χ4v) is 4.67. The lowest BCUT2D eigenvalue weighted by molar-refractivity contribution is -0.127. The van der Waals surface area contributed by atoms with E-state index in [2.05, 4.69) is 26.4 Å². The van der Waals surface area contributed by atoms with Crippen molar-refractivity contribution in [2.75, 3.05) is 13.7 Å². The third kappa shape index (κ3) is 4.54. The first kappa shape index (κ1) is 19.7. The standard InChI is InChI=1S/C21H25N5O2S/c1-28-16-5-2-4-15(12-16)21(27)24-9-10-26-20(19-6-3-11-29-19)17(13-25-26)18-14-22-7-8-23-18/h3,6-8,11,13-16H,2,4-5,9-10,12H2,1H3,(H,24,27)/t15-,16-/m0/s1. The number of hydrogen-bond donors (Lipinski definition) is 1. The van der Waals surface area contributed by atoms with E-state index in [9.17, 15) is 4.79 Å². The van der Waals surface area contributed by atoms with E-state index in [4.69, 9.17) is 4.74 Å². The van der Waals surface area contributed by atoms with Gasteiger partial charge in [-0.25, -0.2) is 0 Å². The van der Waals surface area contributed by atoms with Crippen LogP contribution in [-0.2, 0) is 16.1 Å². The number of hydrogen-bond acceptors (Lipinski definition) is 6. The van der Waals surface area contributed by atoms with E-state index in [0.29, 0.717) is 13.1 Å². The number of nitrogens with one attached hydrogen (secondary N) is 1. The first-order valence-corrected chi connectivity index (χ1v) is 10.8. The summed E-state index contributed by atoms with van der Waals surface area (Å²) in [5.74, 6) is 0.156. The molecular weight excluding hydrogens is 386 g/mol. The molecule has 3 aromatic heterocycles. The van der Waals surface area contributed by atoms with Gasteiger partial charge < -0.3 is 10.1 Å². The zero-order valence-electron chi connectivity index (χ0n) is 16.5. The van der Waals surface area contributed by atoms with Gasteiger partial charge in [0.1, 0.15) is 0 Å². The van der Waals surface area contributed by atoms with Crippen molar-refractivity contribution in [3.8, 4) is 21.8 Å². The van der Waals surface area contributed by atoms with Gasteiger partial charge in [-0.15, -0.1) is 11.3 Å². The predicted molar refractivity (Wildman–Crippen MR) is 112 cm³/mol. The van der Waals surface area contributed by atoms with Gasteiger partial charge in [0.05, 0.1) is 41.3 Å². The molecule has 0 spiro atoms. The monoisotopic (exact) mass is 411 g/mol. The maximum Gasteiger partial charge on any atom is 0.223 e. The van der Waals surface area contributed by atoms with Gasteiger partial charge in [0.25, 0.3) is 0 Å². The molecule has 0 unspecified atom stereocenters. The molecule has 3 heterocycles. The van der Waals surface area contributed by atoms with Crippen molar-refractivity contribution >= 4 is 17.2 Å². The molecule has 1 N–H and O–H groups in total. The van der Waals surface area contributed by atoms with Gasteiger partial charge in [-0.1, -0.05) is 12.5 Å². The van der Waals surface area contributed by atoms with Gasteiger partial charge >= 0.3 is 0 Å². The minimum absolute atomic E-state index is 0.0400. The maximum atomic E-state index is 12.6. The number of carbonyl (C=O) groups excluding carboxylic acids is 1. The third-order valence-electron chi connectivity index (χ3n) is 5.39. The van der Waals surface area contributed by atoms with Crippen LogP contribution in [-0.4, -0.2) is 45.4 Å². The predicted octanol–water partition coefficient (Wildman–Crippen LogP) is 3.39. The van der Waals surface area contributed by atoms with Crippen molar-refractivity contribution in [3.05, 3.63) is 42.3 Å². The molecule has 0 aromatic carbocycles. The highest BCUT2D eigenvalue weighted by molar-refractivity contribution is 7.13. The van der Waals surface area contributed by atoms with Crippen molar-refractivity contribution < 1.29 is 9.53 Å². The van der Waals surface area contributed by atoms with Crippen LogP contribution in [0.15, 0.2) is 42.3 Å². The van der Waals surface area contributed by atoms with Crippen LogP contribution in [0.3, 0.4) is 0 Å². The SMILES string of the molecule is CO[C@H]1CCC[C@H](C(=O)NCCn2ncc(-c3cnccn3)c2-c2cccs2)C1. The van der Waals surface area contributed by atoms with Crippen molar-refractivity contribution in [2.24, 2.45) is 5.92 Å². The summed E-state index contributed by atoms with van der Waals surface area (Å²) in [7, 11) is 1.73. The normalized spacial score (nSPS) is 19.2. The van der Waals surface area contributed by atoms with E-state index in [1.54, 1.807) is 37.0 Å². The van der Waals surface area contributed by atoms with Gasteiger partial charge in [0.2, 0.25) is 5.91 Å². The number of methoxy groups -OCH3 is 1. The van der Waals surface area contributed by atoms with Crippen LogP contribution in [0.25, 0.3) is 21.8 Å². The molecule has 3 aromatic rings. The van der Waals surface area contributed by atoms with E-state index in [-0.39, 0.29) is 17.9 Å². The Kier molecular flexibility index (Phi) is 6.31. The van der Waals surface area contributed by atoms with Crippen molar-refractivity contribution in [3.63, 3.8) is 0 Å². The molecule has 0 radical (unpaired) electrons. The summed E-state index contributed by atoms with van der Waals surface area (Å²) in [6.07, 6.45) is 10.9. The fraction of sp³-hybridized carbons (Fsp3) is 0.429. The molecule has 8 heteroatoms. The molecule has 0 bridgehead atoms. The number of rotatable bonds is 7. The summed E-state index contributed by atoms with van der Waals surface area (Å²) >= 11 is 1.66. The second-order valence-corrected chi connectivity index (χ2v) is 8.16. The Labute approximate surface area is 174 Å². The molecular formula is C21H25N5O2S. The molecule has 1 saturated carbocycles. The lowest BCUT2D eigenvalue weighted by atomic mass is 9.86. The summed E-state index contributed by atoms with van der Waals surface area (Å²) in [5.41, 5.74) is 2.74. The van der Waals surface area contributed by atoms with Crippen LogP contribution in [0.1, 0.15) is 25.7 Å². The van der Waals surface area contributed by atoms with E-state index in [0.717, 1.165) is 47.5 Å². The molecule has 1 fully saturated rings. The van der Waals surface area contributed by atoms with Crippen LogP contribution >= 0.6 is 11.3 Å². The highest BCUT2D eigenvalue weighted by Crippen LogP contribution is 2.33. The number of aromatic nitrogens is 4. The zero-order valence-corrected chi connectivity index (χ0v) is 17.3. The van der Waals surface area contributed by atoms with E-state index in [1.165, 1.54) is 0 Å². The molecule has 4 rings (SSSR count). The Bertz CT molecular complexity index is 926. The lowest BCUT2D eigenvalue weighted by Gasteiger charge is -2.27. The van der Waals surface area contributed by atoms with Crippen molar-refractivity contribution in [2.45, 2.75) is 38.3 Å². The van der Waals surface area contributed by atoms with Gasteiger partial charge in [0.15, 0.2) is 0 Å². The molecule has 1 amide bonds. The first-order valence-electron chi connectivity index (χ1n) is 9.93. The van der Waals surface area contributed by atoms with Crippen molar-refractivity contribution in [1.82, 2.24) is 25.1 Å². The van der Waals surface area contributed by atoms with Crippen LogP contribution in [0.5, 0.6) is 0 Å². The minimum Gasteiger partial charge on any atom is -0.381 e. The van der Waals surface area contributed by atoms with Crippen LogP contribution in [0.2, 0.25) is 0 Å². The molecule has 7 nitrogen and oxygen atoms in total. The van der Waals surface area contributed by atoms with Crippen LogP contribution < -0.4 is 5.32 Å². The first-order chi connectivity index (χ1) is 14.3. The largest absolute Gasteiger partial charge is 0.381 e. The van der Waals surface area contributed by atoms with E-state index in [1.807, 2.05) is 22.3 Å². The third-order valence-corrected chi connectivity index (χ3v) is 6.26. The topological polar surface area (TPSA) is 81.9 Å². The molecule has 0 saturated heterocycles. The highest BCUT2D eigenvalue weighted by Gasteiger charge is 2.27. The summed E-state index contributed by atoms with van der Waals surface area (Å²) in [4.78, 5) is 22.3. The second-order valence-electron chi connectivity index (χ2n) is 7.21. The van der Waals surface area contributed by atoms with Gasteiger partial charge in [-0.3, -0.25) is 19.4 Å². The Hall–Kier alpha value is -2.58. The summed E-state index contributed by atoms with van der Waals surface area (Å²) in [6.45, 7) is 1.13. The smallest absolute Gasteiger partial charge is 0.223 e. The molecule has 152 valence electrons. The van der Waals surface area contributed by atoms with Crippen LogP contribution in [0.4, 0.5) is 0 Å².